The van der Waals surface area contributed by atoms with Crippen LogP contribution in [0.1, 0.15) is 30.6 Å². The molecule has 3 rings (SSSR count). The number of nitrogens with zero attached hydrogens (tertiary/aromatic N) is 2. The molecule has 6 heteroatoms. The van der Waals surface area contributed by atoms with E-state index in [1.165, 1.54) is 4.88 Å². The molecule has 23 heavy (non-hydrogen) atoms. The van der Waals surface area contributed by atoms with E-state index < -0.39 is 0 Å². The second-order valence-electron chi connectivity index (χ2n) is 6.92. The summed E-state index contributed by atoms with van der Waals surface area (Å²) in [5, 5.41) is 5.27. The van der Waals surface area contributed by atoms with Crippen LogP contribution in [0.15, 0.2) is 17.5 Å². The maximum Gasteiger partial charge on any atom is 0.317 e. The van der Waals surface area contributed by atoms with Crippen molar-refractivity contribution in [3.8, 4) is 0 Å². The molecule has 5 nitrogen and oxygen atoms in total. The molecule has 1 N–H and O–H groups in total. The molecule has 1 aromatic heterocycles. The molecule has 0 bridgehead atoms. The molecule has 2 fully saturated rings. The van der Waals surface area contributed by atoms with Gasteiger partial charge in [0, 0.05) is 51.3 Å². The van der Waals surface area contributed by atoms with Crippen molar-refractivity contribution < 1.29 is 9.53 Å². The second-order valence-corrected chi connectivity index (χ2v) is 7.95. The maximum absolute atomic E-state index is 11.9. The van der Waals surface area contributed by atoms with E-state index in [0.717, 1.165) is 51.9 Å². The van der Waals surface area contributed by atoms with Gasteiger partial charge in [-0.25, -0.2) is 4.79 Å². The van der Waals surface area contributed by atoms with Gasteiger partial charge in [0.25, 0.3) is 0 Å². The fourth-order valence-corrected chi connectivity index (χ4v) is 4.29. The smallest absolute Gasteiger partial charge is 0.317 e. The summed E-state index contributed by atoms with van der Waals surface area (Å²) < 4.78 is 6.17. The lowest BCUT2D eigenvalue weighted by Gasteiger charge is -2.46. The number of hydrogen-bond donors (Lipinski definition) is 1. The summed E-state index contributed by atoms with van der Waals surface area (Å²) in [5.41, 5.74) is -0.0333. The summed E-state index contributed by atoms with van der Waals surface area (Å²) in [7, 11) is 3.57. The molecule has 1 aromatic rings. The highest BCUT2D eigenvalue weighted by Gasteiger charge is 2.40. The molecule has 0 aliphatic carbocycles. The van der Waals surface area contributed by atoms with Gasteiger partial charge in [0.15, 0.2) is 0 Å². The Morgan fingerprint density at radius 3 is 2.91 bits per heavy atom. The normalized spacial score (nSPS) is 24.5. The number of rotatable bonds is 3. The summed E-state index contributed by atoms with van der Waals surface area (Å²) >= 11 is 1.83. The van der Waals surface area contributed by atoms with Crippen LogP contribution in [0.3, 0.4) is 0 Å². The summed E-state index contributed by atoms with van der Waals surface area (Å²) in [5.74, 6) is 0. The first kappa shape index (κ1) is 16.7. The molecule has 0 saturated carbocycles. The zero-order valence-electron chi connectivity index (χ0n) is 14.1. The third kappa shape index (κ3) is 4.25. The number of likely N-dealkylation sites (tertiary alicyclic amines) is 1. The van der Waals surface area contributed by atoms with E-state index in [1.807, 2.05) is 11.3 Å². The molecule has 1 atom stereocenters. The Morgan fingerprint density at radius 1 is 1.48 bits per heavy atom. The minimum Gasteiger partial charge on any atom is -0.375 e. The summed E-state index contributed by atoms with van der Waals surface area (Å²) in [6.07, 6.45) is 3.99. The van der Waals surface area contributed by atoms with Gasteiger partial charge in [-0.15, -0.1) is 11.3 Å². The zero-order valence-corrected chi connectivity index (χ0v) is 14.9. The first-order valence-electron chi connectivity index (χ1n) is 8.43. The molecule has 3 heterocycles. The standard InChI is InChI=1S/C17H27N3O2S/c1-19(2)16(21)18-14-5-10-22-17(12-14)6-8-20(9-7-17)13-15-4-3-11-23-15/h3-4,11,14H,5-10,12-13H2,1-2H3,(H,18,21). The quantitative estimate of drug-likeness (QED) is 0.922. The topological polar surface area (TPSA) is 44.8 Å². The van der Waals surface area contributed by atoms with E-state index in [-0.39, 0.29) is 17.7 Å². The van der Waals surface area contributed by atoms with Crippen LogP contribution in [0.2, 0.25) is 0 Å². The minimum absolute atomic E-state index is 0.00202. The van der Waals surface area contributed by atoms with Crippen molar-refractivity contribution in [2.45, 2.75) is 43.9 Å². The maximum atomic E-state index is 11.9. The van der Waals surface area contributed by atoms with Crippen LogP contribution < -0.4 is 5.32 Å². The number of urea groups is 1. The van der Waals surface area contributed by atoms with E-state index >= 15 is 0 Å². The predicted octanol–water partition coefficient (Wildman–Crippen LogP) is 2.53. The number of nitrogens with one attached hydrogen (secondary N) is 1. The molecule has 2 saturated heterocycles. The lowest BCUT2D eigenvalue weighted by atomic mass is 9.82. The highest BCUT2D eigenvalue weighted by Crippen LogP contribution is 2.35. The Morgan fingerprint density at radius 2 is 2.26 bits per heavy atom. The monoisotopic (exact) mass is 337 g/mol. The van der Waals surface area contributed by atoms with Gasteiger partial charge in [-0.2, -0.15) is 0 Å². The van der Waals surface area contributed by atoms with Crippen LogP contribution in [-0.2, 0) is 11.3 Å². The van der Waals surface area contributed by atoms with E-state index in [1.54, 1.807) is 19.0 Å². The van der Waals surface area contributed by atoms with Gasteiger partial charge in [0.2, 0.25) is 0 Å². The SMILES string of the molecule is CN(C)C(=O)NC1CCOC2(CCN(Cc3cccs3)CC2)C1. The van der Waals surface area contributed by atoms with Crippen LogP contribution in [0.25, 0.3) is 0 Å². The zero-order chi connectivity index (χ0) is 16.3. The van der Waals surface area contributed by atoms with Crippen LogP contribution in [0.4, 0.5) is 4.79 Å². The minimum atomic E-state index is -0.0333. The number of ether oxygens (including phenoxy) is 1. The summed E-state index contributed by atoms with van der Waals surface area (Å²) in [4.78, 5) is 17.4. The van der Waals surface area contributed by atoms with Gasteiger partial charge < -0.3 is 15.0 Å². The van der Waals surface area contributed by atoms with Crippen LogP contribution >= 0.6 is 11.3 Å². The van der Waals surface area contributed by atoms with E-state index in [0.29, 0.717) is 0 Å². The van der Waals surface area contributed by atoms with Crippen molar-refractivity contribution in [1.82, 2.24) is 15.1 Å². The average molecular weight is 337 g/mol. The van der Waals surface area contributed by atoms with E-state index in [9.17, 15) is 4.79 Å². The lowest BCUT2D eigenvalue weighted by Crippen LogP contribution is -2.54. The third-order valence-electron chi connectivity index (χ3n) is 4.95. The van der Waals surface area contributed by atoms with E-state index in [2.05, 4.69) is 27.7 Å². The Hall–Kier alpha value is -1.11. The highest BCUT2D eigenvalue weighted by molar-refractivity contribution is 7.09. The number of carbonyl (C=O) groups is 1. The predicted molar refractivity (Wildman–Crippen MR) is 92.8 cm³/mol. The van der Waals surface area contributed by atoms with Gasteiger partial charge in [-0.05, 0) is 37.1 Å². The molecule has 128 valence electrons. The van der Waals surface area contributed by atoms with Gasteiger partial charge >= 0.3 is 6.03 Å². The molecular formula is C17H27N3O2S. The molecular weight excluding hydrogens is 310 g/mol. The number of amides is 2. The van der Waals surface area contributed by atoms with Crippen molar-refractivity contribution in [3.63, 3.8) is 0 Å². The van der Waals surface area contributed by atoms with Crippen LogP contribution in [0.5, 0.6) is 0 Å². The van der Waals surface area contributed by atoms with Crippen LogP contribution in [-0.4, -0.2) is 61.3 Å². The molecule has 0 radical (unpaired) electrons. The Balaban J connectivity index is 1.51. The van der Waals surface area contributed by atoms with Crippen molar-refractivity contribution >= 4 is 17.4 Å². The molecule has 2 amide bonds. The number of thiophene rings is 1. The van der Waals surface area contributed by atoms with Gasteiger partial charge in [0.05, 0.1) is 5.60 Å². The van der Waals surface area contributed by atoms with Gasteiger partial charge in [-0.3, -0.25) is 4.90 Å². The van der Waals surface area contributed by atoms with Crippen molar-refractivity contribution in [2.24, 2.45) is 0 Å². The number of hydrogen-bond acceptors (Lipinski definition) is 4. The van der Waals surface area contributed by atoms with Crippen molar-refractivity contribution in [1.29, 1.82) is 0 Å². The number of carbonyl (C=O) groups excluding carboxylic acids is 1. The highest BCUT2D eigenvalue weighted by atomic mass is 32.1. The largest absolute Gasteiger partial charge is 0.375 e. The second kappa shape index (κ2) is 7.20. The fraction of sp³-hybridized carbons (Fsp3) is 0.706. The number of piperidine rings is 1. The summed E-state index contributed by atoms with van der Waals surface area (Å²) in [6.45, 7) is 3.95. The fourth-order valence-electron chi connectivity index (χ4n) is 3.54. The van der Waals surface area contributed by atoms with Crippen LogP contribution in [0, 0.1) is 0 Å². The Kier molecular flexibility index (Phi) is 5.24. The average Bonchev–Trinajstić information content (AvgIpc) is 3.03. The van der Waals surface area contributed by atoms with Crippen molar-refractivity contribution in [3.05, 3.63) is 22.4 Å². The van der Waals surface area contributed by atoms with E-state index in [4.69, 9.17) is 4.74 Å². The molecule has 1 spiro atoms. The third-order valence-corrected chi connectivity index (χ3v) is 5.81. The summed E-state index contributed by atoms with van der Waals surface area (Å²) in [6, 6.07) is 4.57. The molecule has 0 aromatic carbocycles. The van der Waals surface area contributed by atoms with Gasteiger partial charge in [-0.1, -0.05) is 6.07 Å². The molecule has 2 aliphatic heterocycles. The van der Waals surface area contributed by atoms with Crippen molar-refractivity contribution in [2.75, 3.05) is 33.8 Å². The first-order valence-corrected chi connectivity index (χ1v) is 9.31. The Labute approximate surface area is 142 Å². The Bertz CT molecular complexity index is 510. The first-order chi connectivity index (χ1) is 11.1. The molecule has 1 unspecified atom stereocenters. The molecule has 2 aliphatic rings. The van der Waals surface area contributed by atoms with Gasteiger partial charge in [0.1, 0.15) is 0 Å². The lowest BCUT2D eigenvalue weighted by molar-refractivity contribution is -0.119.